The zero-order chi connectivity index (χ0) is 14.8. The molecule has 3 aromatic rings. The minimum Gasteiger partial charge on any atom is -0.438 e. The van der Waals surface area contributed by atoms with Crippen LogP contribution in [-0.4, -0.2) is 16.5 Å². The molecular weight excluding hydrogens is 289 g/mol. The van der Waals surface area contributed by atoms with Gasteiger partial charge in [0.15, 0.2) is 0 Å². The molecule has 0 amide bonds. The van der Waals surface area contributed by atoms with Gasteiger partial charge >= 0.3 is 0 Å². The molecule has 6 heteroatoms. The van der Waals surface area contributed by atoms with E-state index >= 15 is 0 Å². The number of ether oxygens (including phenoxy) is 1. The highest BCUT2D eigenvalue weighted by molar-refractivity contribution is 7.16. The van der Waals surface area contributed by atoms with Crippen molar-refractivity contribution >= 4 is 27.5 Å². The fraction of sp³-hybridized carbons (Fsp3) is 0.200. The van der Waals surface area contributed by atoms with Crippen LogP contribution in [0.5, 0.6) is 11.6 Å². The van der Waals surface area contributed by atoms with Crippen LogP contribution < -0.4 is 10.1 Å². The van der Waals surface area contributed by atoms with Crippen molar-refractivity contribution in [2.75, 3.05) is 11.9 Å². The van der Waals surface area contributed by atoms with Crippen LogP contribution in [0.2, 0.25) is 0 Å². The quantitative estimate of drug-likeness (QED) is 0.778. The molecule has 0 unspecified atom stereocenters. The topological polar surface area (TPSA) is 47.0 Å². The predicted octanol–water partition coefficient (Wildman–Crippen LogP) is 4.36. The highest BCUT2D eigenvalue weighted by Gasteiger charge is 2.11. The van der Waals surface area contributed by atoms with Gasteiger partial charge in [0.1, 0.15) is 16.4 Å². The average molecular weight is 303 g/mol. The second kappa shape index (κ2) is 5.65. The van der Waals surface area contributed by atoms with Crippen LogP contribution in [0.15, 0.2) is 29.6 Å². The maximum atomic E-state index is 13.6. The fourth-order valence-electron chi connectivity index (χ4n) is 1.89. The Balaban J connectivity index is 2.01. The summed E-state index contributed by atoms with van der Waals surface area (Å²) < 4.78 is 19.4. The zero-order valence-electron chi connectivity index (χ0n) is 11.7. The zero-order valence-corrected chi connectivity index (χ0v) is 12.5. The Morgan fingerprint density at radius 2 is 2.14 bits per heavy atom. The first-order chi connectivity index (χ1) is 10.2. The molecule has 0 aliphatic heterocycles. The van der Waals surface area contributed by atoms with Crippen LogP contribution in [0, 0.1) is 12.7 Å². The van der Waals surface area contributed by atoms with E-state index in [9.17, 15) is 4.39 Å². The third-order valence-electron chi connectivity index (χ3n) is 2.98. The van der Waals surface area contributed by atoms with Gasteiger partial charge in [0.05, 0.1) is 5.39 Å². The summed E-state index contributed by atoms with van der Waals surface area (Å²) in [5, 5.41) is 5.82. The molecule has 0 spiro atoms. The number of aryl methyl sites for hydroxylation is 1. The Morgan fingerprint density at radius 3 is 2.90 bits per heavy atom. The highest BCUT2D eigenvalue weighted by atomic mass is 32.1. The van der Waals surface area contributed by atoms with Gasteiger partial charge in [-0.1, -0.05) is 6.07 Å². The van der Waals surface area contributed by atoms with Gasteiger partial charge in [-0.3, -0.25) is 0 Å². The molecule has 21 heavy (non-hydrogen) atoms. The van der Waals surface area contributed by atoms with Crippen molar-refractivity contribution in [3.8, 4) is 11.6 Å². The van der Waals surface area contributed by atoms with Crippen molar-refractivity contribution in [2.45, 2.75) is 13.8 Å². The van der Waals surface area contributed by atoms with Crippen LogP contribution in [-0.2, 0) is 0 Å². The summed E-state index contributed by atoms with van der Waals surface area (Å²) in [6.45, 7) is 4.40. The number of fused-ring (bicyclic) bond motifs is 1. The van der Waals surface area contributed by atoms with E-state index < -0.39 is 0 Å². The predicted molar refractivity (Wildman–Crippen MR) is 82.8 cm³/mol. The monoisotopic (exact) mass is 303 g/mol. The second-order valence-electron chi connectivity index (χ2n) is 4.54. The van der Waals surface area contributed by atoms with Crippen molar-refractivity contribution < 1.29 is 9.13 Å². The van der Waals surface area contributed by atoms with E-state index in [1.54, 1.807) is 19.1 Å². The summed E-state index contributed by atoms with van der Waals surface area (Å²) >= 11 is 1.51. The second-order valence-corrected chi connectivity index (χ2v) is 5.43. The molecule has 0 bridgehead atoms. The van der Waals surface area contributed by atoms with Gasteiger partial charge in [0, 0.05) is 12.6 Å². The van der Waals surface area contributed by atoms with E-state index in [4.69, 9.17) is 4.74 Å². The Hall–Kier alpha value is -2.21. The number of anilines is 1. The first-order valence-corrected chi connectivity index (χ1v) is 7.48. The summed E-state index contributed by atoms with van der Waals surface area (Å²) in [5.41, 5.74) is 0.582. The van der Waals surface area contributed by atoms with E-state index in [0.717, 1.165) is 16.8 Å². The van der Waals surface area contributed by atoms with Crippen molar-refractivity contribution in [3.05, 3.63) is 41.0 Å². The van der Waals surface area contributed by atoms with Gasteiger partial charge in [-0.05, 0) is 36.9 Å². The Kier molecular flexibility index (Phi) is 3.70. The molecule has 108 valence electrons. The van der Waals surface area contributed by atoms with Crippen molar-refractivity contribution in [2.24, 2.45) is 0 Å². The standard InChI is InChI=1S/C15H14FN3OS/c1-3-17-15-18-13(11-6-7-21-14(11)19-15)20-10-5-4-9(2)12(16)8-10/h4-8H,3H2,1-2H3,(H,17,18,19). The molecule has 2 aromatic heterocycles. The van der Waals surface area contributed by atoms with Gasteiger partial charge in [0.25, 0.3) is 0 Å². The average Bonchev–Trinajstić information content (AvgIpc) is 2.92. The van der Waals surface area contributed by atoms with Gasteiger partial charge < -0.3 is 10.1 Å². The molecule has 0 radical (unpaired) electrons. The van der Waals surface area contributed by atoms with Crippen LogP contribution >= 0.6 is 11.3 Å². The SMILES string of the molecule is CCNc1nc(Oc2ccc(C)c(F)c2)c2ccsc2n1. The van der Waals surface area contributed by atoms with E-state index in [1.165, 1.54) is 17.4 Å². The number of benzene rings is 1. The third-order valence-corrected chi connectivity index (χ3v) is 3.79. The number of rotatable bonds is 4. The molecule has 0 aliphatic carbocycles. The number of hydrogen-bond acceptors (Lipinski definition) is 5. The third kappa shape index (κ3) is 2.80. The molecule has 0 atom stereocenters. The Bertz CT molecular complexity index is 788. The summed E-state index contributed by atoms with van der Waals surface area (Å²) in [6.07, 6.45) is 0. The molecular formula is C15H14FN3OS. The lowest BCUT2D eigenvalue weighted by atomic mass is 10.2. The van der Waals surface area contributed by atoms with E-state index in [-0.39, 0.29) is 5.82 Å². The van der Waals surface area contributed by atoms with Crippen molar-refractivity contribution in [3.63, 3.8) is 0 Å². The maximum Gasteiger partial charge on any atom is 0.232 e. The smallest absolute Gasteiger partial charge is 0.232 e. The van der Waals surface area contributed by atoms with E-state index in [2.05, 4.69) is 15.3 Å². The first kappa shape index (κ1) is 13.8. The Morgan fingerprint density at radius 1 is 1.29 bits per heavy atom. The lowest BCUT2D eigenvalue weighted by Crippen LogP contribution is -2.03. The molecule has 3 rings (SSSR count). The van der Waals surface area contributed by atoms with Crippen LogP contribution in [0.4, 0.5) is 10.3 Å². The van der Waals surface area contributed by atoms with Gasteiger partial charge in [-0.15, -0.1) is 11.3 Å². The molecule has 2 heterocycles. The minimum atomic E-state index is -0.296. The van der Waals surface area contributed by atoms with Crippen LogP contribution in [0.25, 0.3) is 10.2 Å². The molecule has 1 aromatic carbocycles. The molecule has 0 fully saturated rings. The molecule has 4 nitrogen and oxygen atoms in total. The van der Waals surface area contributed by atoms with Crippen LogP contribution in [0.3, 0.4) is 0 Å². The summed E-state index contributed by atoms with van der Waals surface area (Å²) in [7, 11) is 0. The number of halogens is 1. The summed E-state index contributed by atoms with van der Waals surface area (Å²) in [4.78, 5) is 9.59. The maximum absolute atomic E-state index is 13.6. The summed E-state index contributed by atoms with van der Waals surface area (Å²) in [5.74, 6) is 1.07. The molecule has 1 N–H and O–H groups in total. The minimum absolute atomic E-state index is 0.296. The largest absolute Gasteiger partial charge is 0.438 e. The molecule has 0 saturated carbocycles. The molecule has 0 aliphatic rings. The van der Waals surface area contributed by atoms with Gasteiger partial charge in [0.2, 0.25) is 11.8 Å². The van der Waals surface area contributed by atoms with Gasteiger partial charge in [-0.25, -0.2) is 9.37 Å². The van der Waals surface area contributed by atoms with Crippen molar-refractivity contribution in [1.29, 1.82) is 0 Å². The molecule has 0 saturated heterocycles. The lowest BCUT2D eigenvalue weighted by Gasteiger charge is -2.09. The summed E-state index contributed by atoms with van der Waals surface area (Å²) in [6, 6.07) is 6.67. The van der Waals surface area contributed by atoms with Crippen molar-refractivity contribution in [1.82, 2.24) is 9.97 Å². The number of nitrogens with zero attached hydrogens (tertiary/aromatic N) is 2. The number of hydrogen-bond donors (Lipinski definition) is 1. The van der Waals surface area contributed by atoms with Gasteiger partial charge in [-0.2, -0.15) is 4.98 Å². The highest BCUT2D eigenvalue weighted by Crippen LogP contribution is 2.31. The number of thiophene rings is 1. The first-order valence-electron chi connectivity index (χ1n) is 6.60. The van der Waals surface area contributed by atoms with Crippen LogP contribution in [0.1, 0.15) is 12.5 Å². The Labute approximate surface area is 125 Å². The number of nitrogens with one attached hydrogen (secondary N) is 1. The lowest BCUT2D eigenvalue weighted by molar-refractivity contribution is 0.463. The van der Waals surface area contributed by atoms with E-state index in [1.807, 2.05) is 18.4 Å². The fourth-order valence-corrected chi connectivity index (χ4v) is 2.65. The van der Waals surface area contributed by atoms with E-state index in [0.29, 0.717) is 23.1 Å². The number of aromatic nitrogens is 2. The normalized spacial score (nSPS) is 10.8.